The quantitative estimate of drug-likeness (QED) is 0.662. The highest BCUT2D eigenvalue weighted by Crippen LogP contribution is 2.37. The summed E-state index contributed by atoms with van der Waals surface area (Å²) in [6, 6.07) is 1.99. The largest absolute Gasteiger partial charge is 0.364 e. The van der Waals surface area contributed by atoms with E-state index in [0.717, 1.165) is 30.2 Å². The molecule has 3 aromatic rings. The molecule has 0 spiro atoms. The minimum Gasteiger partial charge on any atom is -0.364 e. The lowest BCUT2D eigenvalue weighted by Crippen LogP contribution is -2.39. The Kier molecular flexibility index (Phi) is 4.31. The standard InChI is InChI=1S/C19H21ClFN5/c1-19(2)6-4-3-5-15(19)25-18-14(21)10-24-17(26-18)13-9-23-16-12(13)7-11(20)8-22-16/h7-10,15H,3-6H2,1-2H3,(H,22,23)(H,24,25,26)/t15-/m1/s1. The molecule has 0 saturated heterocycles. The fourth-order valence-corrected chi connectivity index (χ4v) is 3.85. The summed E-state index contributed by atoms with van der Waals surface area (Å²) in [6.07, 6.45) is 9.06. The zero-order chi connectivity index (χ0) is 18.3. The molecule has 3 aromatic heterocycles. The number of pyridine rings is 1. The first-order valence-corrected chi connectivity index (χ1v) is 9.24. The van der Waals surface area contributed by atoms with Crippen molar-refractivity contribution in [2.75, 3.05) is 5.32 Å². The van der Waals surface area contributed by atoms with Crippen molar-refractivity contribution in [1.82, 2.24) is 19.9 Å². The van der Waals surface area contributed by atoms with Crippen LogP contribution in [0.2, 0.25) is 5.02 Å². The van der Waals surface area contributed by atoms with Gasteiger partial charge in [-0.1, -0.05) is 38.3 Å². The average Bonchev–Trinajstić information content (AvgIpc) is 3.01. The van der Waals surface area contributed by atoms with E-state index in [1.54, 1.807) is 18.5 Å². The second-order valence-electron chi connectivity index (χ2n) is 7.57. The van der Waals surface area contributed by atoms with E-state index in [0.29, 0.717) is 16.5 Å². The van der Waals surface area contributed by atoms with Crippen molar-refractivity contribution in [2.24, 2.45) is 5.41 Å². The van der Waals surface area contributed by atoms with Crippen molar-refractivity contribution in [1.29, 1.82) is 0 Å². The smallest absolute Gasteiger partial charge is 0.183 e. The molecule has 1 aliphatic rings. The SMILES string of the molecule is CC1(C)CCCC[C@H]1Nc1nc(-c2c[nH]c3ncc(Cl)cc23)ncc1F. The van der Waals surface area contributed by atoms with Gasteiger partial charge >= 0.3 is 0 Å². The number of fused-ring (bicyclic) bond motifs is 1. The maximum Gasteiger partial charge on any atom is 0.183 e. The summed E-state index contributed by atoms with van der Waals surface area (Å²) in [5.41, 5.74) is 1.55. The Morgan fingerprint density at radius 3 is 2.92 bits per heavy atom. The Bertz CT molecular complexity index is 952. The van der Waals surface area contributed by atoms with Crippen LogP contribution in [0, 0.1) is 11.2 Å². The van der Waals surface area contributed by atoms with Crippen molar-refractivity contribution >= 4 is 28.5 Å². The Labute approximate surface area is 156 Å². The average molecular weight is 374 g/mol. The Hall–Kier alpha value is -2.21. The van der Waals surface area contributed by atoms with Gasteiger partial charge in [-0.3, -0.25) is 0 Å². The number of hydrogen-bond donors (Lipinski definition) is 2. The van der Waals surface area contributed by atoms with E-state index in [9.17, 15) is 4.39 Å². The van der Waals surface area contributed by atoms with Gasteiger partial charge in [0, 0.05) is 29.4 Å². The van der Waals surface area contributed by atoms with Gasteiger partial charge in [0.25, 0.3) is 0 Å². The molecule has 1 atom stereocenters. The Morgan fingerprint density at radius 1 is 1.27 bits per heavy atom. The van der Waals surface area contributed by atoms with E-state index in [4.69, 9.17) is 11.6 Å². The lowest BCUT2D eigenvalue weighted by atomic mass is 9.73. The predicted octanol–water partition coefficient (Wildman–Crippen LogP) is 5.19. The van der Waals surface area contributed by atoms with Crippen LogP contribution in [0.1, 0.15) is 39.5 Å². The third kappa shape index (κ3) is 3.14. The molecule has 3 heterocycles. The molecule has 0 amide bonds. The minimum atomic E-state index is -0.439. The van der Waals surface area contributed by atoms with Crippen molar-refractivity contribution < 1.29 is 4.39 Å². The molecule has 0 unspecified atom stereocenters. The first-order valence-electron chi connectivity index (χ1n) is 8.86. The van der Waals surface area contributed by atoms with Crippen molar-refractivity contribution in [3.63, 3.8) is 0 Å². The van der Waals surface area contributed by atoms with E-state index in [2.05, 4.69) is 39.1 Å². The number of H-pyrrole nitrogens is 1. The third-order valence-corrected chi connectivity index (χ3v) is 5.51. The second-order valence-corrected chi connectivity index (χ2v) is 8.01. The summed E-state index contributed by atoms with van der Waals surface area (Å²) in [4.78, 5) is 16.0. The lowest BCUT2D eigenvalue weighted by molar-refractivity contribution is 0.216. The molecule has 136 valence electrons. The number of aromatic amines is 1. The van der Waals surface area contributed by atoms with Crippen molar-refractivity contribution in [3.8, 4) is 11.4 Å². The van der Waals surface area contributed by atoms with Gasteiger partial charge in [-0.2, -0.15) is 0 Å². The van der Waals surface area contributed by atoms with Crippen LogP contribution >= 0.6 is 11.6 Å². The number of hydrogen-bond acceptors (Lipinski definition) is 4. The van der Waals surface area contributed by atoms with E-state index >= 15 is 0 Å². The highest BCUT2D eigenvalue weighted by atomic mass is 35.5. The number of rotatable bonds is 3. The molecule has 1 saturated carbocycles. The van der Waals surface area contributed by atoms with Gasteiger partial charge in [-0.05, 0) is 24.3 Å². The van der Waals surface area contributed by atoms with E-state index in [1.165, 1.54) is 12.6 Å². The van der Waals surface area contributed by atoms with E-state index < -0.39 is 5.82 Å². The van der Waals surface area contributed by atoms with Gasteiger partial charge in [-0.15, -0.1) is 0 Å². The predicted molar refractivity (Wildman–Crippen MR) is 102 cm³/mol. The molecule has 0 radical (unpaired) electrons. The van der Waals surface area contributed by atoms with E-state index in [-0.39, 0.29) is 17.3 Å². The minimum absolute atomic E-state index is 0.105. The number of anilines is 1. The van der Waals surface area contributed by atoms with Crippen LogP contribution in [0.15, 0.2) is 24.7 Å². The van der Waals surface area contributed by atoms with Crippen LogP contribution in [0.5, 0.6) is 0 Å². The maximum absolute atomic E-state index is 14.4. The highest BCUT2D eigenvalue weighted by Gasteiger charge is 2.33. The first kappa shape index (κ1) is 17.2. The van der Waals surface area contributed by atoms with Crippen molar-refractivity contribution in [2.45, 2.75) is 45.6 Å². The van der Waals surface area contributed by atoms with Crippen LogP contribution in [-0.2, 0) is 0 Å². The number of nitrogens with one attached hydrogen (secondary N) is 2. The van der Waals surface area contributed by atoms with Crippen LogP contribution in [0.3, 0.4) is 0 Å². The summed E-state index contributed by atoms with van der Waals surface area (Å²) in [7, 11) is 0. The normalized spacial score (nSPS) is 19.6. The molecular formula is C19H21ClFN5. The first-order chi connectivity index (χ1) is 12.4. The molecule has 5 nitrogen and oxygen atoms in total. The topological polar surface area (TPSA) is 66.5 Å². The van der Waals surface area contributed by atoms with Crippen LogP contribution < -0.4 is 5.32 Å². The molecule has 0 bridgehead atoms. The summed E-state index contributed by atoms with van der Waals surface area (Å²) in [6.45, 7) is 4.44. The fraction of sp³-hybridized carbons (Fsp3) is 0.421. The number of aromatic nitrogens is 4. The fourth-order valence-electron chi connectivity index (χ4n) is 3.69. The third-order valence-electron chi connectivity index (χ3n) is 5.30. The second kappa shape index (κ2) is 6.50. The van der Waals surface area contributed by atoms with Crippen LogP contribution in [0.25, 0.3) is 22.4 Å². The number of halogens is 2. The molecule has 7 heteroatoms. The zero-order valence-corrected chi connectivity index (χ0v) is 15.6. The van der Waals surface area contributed by atoms with Gasteiger partial charge < -0.3 is 10.3 Å². The maximum atomic E-state index is 14.4. The summed E-state index contributed by atoms with van der Waals surface area (Å²) in [5, 5.41) is 4.67. The van der Waals surface area contributed by atoms with E-state index in [1.807, 2.05) is 0 Å². The van der Waals surface area contributed by atoms with Gasteiger partial charge in [0.1, 0.15) is 5.65 Å². The van der Waals surface area contributed by atoms with Gasteiger partial charge in [0.05, 0.1) is 11.2 Å². The molecule has 0 aliphatic heterocycles. The molecule has 4 rings (SSSR count). The summed E-state index contributed by atoms with van der Waals surface area (Å²) < 4.78 is 14.4. The Balaban J connectivity index is 1.71. The monoisotopic (exact) mass is 373 g/mol. The van der Waals surface area contributed by atoms with Crippen molar-refractivity contribution in [3.05, 3.63) is 35.5 Å². The number of nitrogens with zero attached hydrogens (tertiary/aromatic N) is 3. The summed E-state index contributed by atoms with van der Waals surface area (Å²) >= 11 is 6.06. The van der Waals surface area contributed by atoms with Crippen LogP contribution in [-0.4, -0.2) is 26.0 Å². The molecule has 1 fully saturated rings. The lowest BCUT2D eigenvalue weighted by Gasteiger charge is -2.39. The zero-order valence-electron chi connectivity index (χ0n) is 14.8. The van der Waals surface area contributed by atoms with Gasteiger partial charge in [0.2, 0.25) is 0 Å². The Morgan fingerprint density at radius 2 is 2.12 bits per heavy atom. The van der Waals surface area contributed by atoms with Gasteiger partial charge in [0.15, 0.2) is 17.5 Å². The summed E-state index contributed by atoms with van der Waals surface area (Å²) in [5.74, 6) is 0.253. The molecule has 0 aromatic carbocycles. The van der Waals surface area contributed by atoms with Crippen LogP contribution in [0.4, 0.5) is 10.2 Å². The molecule has 26 heavy (non-hydrogen) atoms. The molecule has 1 aliphatic carbocycles. The molecule has 2 N–H and O–H groups in total. The molecular weight excluding hydrogens is 353 g/mol. The van der Waals surface area contributed by atoms with Gasteiger partial charge in [-0.25, -0.2) is 19.3 Å². The highest BCUT2D eigenvalue weighted by molar-refractivity contribution is 6.31.